The van der Waals surface area contributed by atoms with Crippen LogP contribution < -0.4 is 16.6 Å². The van der Waals surface area contributed by atoms with Crippen molar-refractivity contribution in [3.05, 3.63) is 58.3 Å². The molecule has 0 bridgehead atoms. The number of nitriles is 1. The standard InChI is InChI=1S/C21H23FN4O3/c1-26-12-16(5-6-19(26)27)14-3-4-15(18(22)10-14)9-17(11-23)21(20(24)28)13-25-7-2-8-29-21/h3-6,10,12,17,25H,2,7-9,13H2,1H3,(H2,24,28)/t17-,21?/m0/s1. The summed E-state index contributed by atoms with van der Waals surface area (Å²) < 4.78 is 22.0. The second kappa shape index (κ2) is 8.55. The van der Waals surface area contributed by atoms with Crippen molar-refractivity contribution in [1.82, 2.24) is 9.88 Å². The lowest BCUT2D eigenvalue weighted by Crippen LogP contribution is -2.57. The number of pyridine rings is 1. The number of aryl methyl sites for hydroxylation is 1. The molecule has 1 aliphatic heterocycles. The molecule has 0 radical (unpaired) electrons. The average Bonchev–Trinajstić information content (AvgIpc) is 2.96. The predicted molar refractivity (Wildman–Crippen MR) is 105 cm³/mol. The molecule has 2 aromatic rings. The molecular weight excluding hydrogens is 375 g/mol. The van der Waals surface area contributed by atoms with E-state index in [9.17, 15) is 19.2 Å². The molecular formula is C21H23FN4O3. The fourth-order valence-electron chi connectivity index (χ4n) is 3.52. The van der Waals surface area contributed by atoms with Crippen molar-refractivity contribution >= 4 is 5.91 Å². The Morgan fingerprint density at radius 2 is 2.17 bits per heavy atom. The zero-order valence-corrected chi connectivity index (χ0v) is 16.2. The molecule has 3 rings (SSSR count). The maximum atomic E-state index is 14.8. The van der Waals surface area contributed by atoms with Crippen LogP contribution in [0.15, 0.2) is 41.3 Å². The fourth-order valence-corrected chi connectivity index (χ4v) is 3.52. The Balaban J connectivity index is 1.90. The molecule has 2 heterocycles. The van der Waals surface area contributed by atoms with Crippen LogP contribution in [0.4, 0.5) is 4.39 Å². The lowest BCUT2D eigenvalue weighted by Gasteiger charge is -2.33. The smallest absolute Gasteiger partial charge is 0.252 e. The Morgan fingerprint density at radius 3 is 2.83 bits per heavy atom. The lowest BCUT2D eigenvalue weighted by molar-refractivity contribution is -0.147. The number of aromatic nitrogens is 1. The number of halogens is 1. The van der Waals surface area contributed by atoms with E-state index in [1.807, 2.05) is 0 Å². The second-order valence-corrected chi connectivity index (χ2v) is 7.19. The third-order valence-electron chi connectivity index (χ3n) is 5.28. The maximum absolute atomic E-state index is 14.8. The predicted octanol–water partition coefficient (Wildman–Crippen LogP) is 1.11. The highest BCUT2D eigenvalue weighted by molar-refractivity contribution is 5.85. The summed E-state index contributed by atoms with van der Waals surface area (Å²) in [6, 6.07) is 9.78. The van der Waals surface area contributed by atoms with Gasteiger partial charge >= 0.3 is 0 Å². The number of nitrogens with one attached hydrogen (secondary N) is 1. The van der Waals surface area contributed by atoms with E-state index in [2.05, 4.69) is 11.4 Å². The van der Waals surface area contributed by atoms with Crippen molar-refractivity contribution in [1.29, 1.82) is 5.26 Å². The molecule has 1 aromatic heterocycles. The number of carbonyl (C=O) groups is 1. The fraction of sp³-hybridized carbons (Fsp3) is 0.381. The van der Waals surface area contributed by atoms with Crippen LogP contribution in [0.2, 0.25) is 0 Å². The largest absolute Gasteiger partial charge is 0.367 e. The van der Waals surface area contributed by atoms with Crippen molar-refractivity contribution in [2.75, 3.05) is 19.7 Å². The molecule has 1 unspecified atom stereocenters. The van der Waals surface area contributed by atoms with Gasteiger partial charge in [0, 0.05) is 32.5 Å². The van der Waals surface area contributed by atoms with E-state index >= 15 is 0 Å². The number of hydrogen-bond acceptors (Lipinski definition) is 5. The number of nitrogens with two attached hydrogens (primary N) is 1. The maximum Gasteiger partial charge on any atom is 0.252 e. The van der Waals surface area contributed by atoms with Crippen LogP contribution in [-0.2, 0) is 23.0 Å². The van der Waals surface area contributed by atoms with Crippen molar-refractivity contribution in [2.24, 2.45) is 18.7 Å². The van der Waals surface area contributed by atoms with E-state index in [0.29, 0.717) is 36.3 Å². The minimum atomic E-state index is -1.51. The van der Waals surface area contributed by atoms with Crippen molar-refractivity contribution in [2.45, 2.75) is 18.4 Å². The zero-order chi connectivity index (χ0) is 21.0. The first-order valence-corrected chi connectivity index (χ1v) is 9.37. The topological polar surface area (TPSA) is 110 Å². The molecule has 3 N–H and O–H groups in total. The molecule has 0 saturated carbocycles. The molecule has 1 saturated heterocycles. The van der Waals surface area contributed by atoms with Gasteiger partial charge in [0.2, 0.25) is 5.56 Å². The van der Waals surface area contributed by atoms with Gasteiger partial charge in [-0.1, -0.05) is 12.1 Å². The van der Waals surface area contributed by atoms with E-state index in [1.54, 1.807) is 31.4 Å². The number of amides is 1. The van der Waals surface area contributed by atoms with Crippen LogP contribution in [0, 0.1) is 23.1 Å². The number of carbonyl (C=O) groups excluding carboxylic acids is 1. The highest BCUT2D eigenvalue weighted by atomic mass is 19.1. The van der Waals surface area contributed by atoms with E-state index in [0.717, 1.165) is 0 Å². The summed E-state index contributed by atoms with van der Waals surface area (Å²) in [5.41, 5.74) is 5.52. The average molecular weight is 398 g/mol. The number of rotatable bonds is 5. The van der Waals surface area contributed by atoms with Gasteiger partial charge in [0.1, 0.15) is 5.82 Å². The molecule has 7 nitrogen and oxygen atoms in total. The molecule has 1 fully saturated rings. The van der Waals surface area contributed by atoms with E-state index in [1.165, 1.54) is 16.7 Å². The van der Waals surface area contributed by atoms with Gasteiger partial charge in [0.15, 0.2) is 5.60 Å². The number of ether oxygens (including phenoxy) is 1. The number of hydrogen-bond donors (Lipinski definition) is 2. The summed E-state index contributed by atoms with van der Waals surface area (Å²) in [4.78, 5) is 23.7. The van der Waals surface area contributed by atoms with Crippen LogP contribution in [0.5, 0.6) is 0 Å². The minimum Gasteiger partial charge on any atom is -0.367 e. The molecule has 152 valence electrons. The summed E-state index contributed by atoms with van der Waals surface area (Å²) >= 11 is 0. The van der Waals surface area contributed by atoms with Gasteiger partial charge in [0.05, 0.1) is 12.0 Å². The molecule has 1 aromatic carbocycles. The molecule has 8 heteroatoms. The van der Waals surface area contributed by atoms with E-state index in [4.69, 9.17) is 10.5 Å². The first-order chi connectivity index (χ1) is 13.9. The van der Waals surface area contributed by atoms with E-state index < -0.39 is 23.2 Å². The highest BCUT2D eigenvalue weighted by Crippen LogP contribution is 2.29. The summed E-state index contributed by atoms with van der Waals surface area (Å²) in [6.07, 6.45) is 2.30. The third-order valence-corrected chi connectivity index (χ3v) is 5.28. The Kier molecular flexibility index (Phi) is 6.11. The van der Waals surface area contributed by atoms with Crippen molar-refractivity contribution in [3.8, 4) is 17.2 Å². The van der Waals surface area contributed by atoms with Gasteiger partial charge in [-0.15, -0.1) is 0 Å². The summed E-state index contributed by atoms with van der Waals surface area (Å²) in [5.74, 6) is -2.18. The van der Waals surface area contributed by atoms with Gasteiger partial charge < -0.3 is 20.4 Å². The Morgan fingerprint density at radius 1 is 1.41 bits per heavy atom. The summed E-state index contributed by atoms with van der Waals surface area (Å²) in [6.45, 7) is 1.05. The summed E-state index contributed by atoms with van der Waals surface area (Å²) in [5, 5.41) is 12.8. The zero-order valence-electron chi connectivity index (χ0n) is 16.2. The third kappa shape index (κ3) is 4.21. The molecule has 0 spiro atoms. The van der Waals surface area contributed by atoms with Gasteiger partial charge in [-0.25, -0.2) is 4.39 Å². The molecule has 0 aliphatic carbocycles. The van der Waals surface area contributed by atoms with Crippen LogP contribution >= 0.6 is 0 Å². The minimum absolute atomic E-state index is 0.0134. The second-order valence-electron chi connectivity index (χ2n) is 7.19. The quantitative estimate of drug-likeness (QED) is 0.784. The first kappa shape index (κ1) is 20.7. The van der Waals surface area contributed by atoms with Crippen LogP contribution in [0.3, 0.4) is 0 Å². The lowest BCUT2D eigenvalue weighted by atomic mass is 9.82. The Labute approximate surface area is 167 Å². The molecule has 2 atom stereocenters. The monoisotopic (exact) mass is 398 g/mol. The normalized spacial score (nSPS) is 20.4. The van der Waals surface area contributed by atoms with Crippen LogP contribution in [0.1, 0.15) is 12.0 Å². The number of benzene rings is 1. The van der Waals surface area contributed by atoms with Crippen molar-refractivity contribution < 1.29 is 13.9 Å². The molecule has 29 heavy (non-hydrogen) atoms. The number of primary amides is 1. The Hall–Kier alpha value is -3.02. The molecule has 1 aliphatic rings. The SMILES string of the molecule is Cn1cc(-c2ccc(C[C@@H](C#N)C3(C(N)=O)CNCCCO3)c(F)c2)ccc1=O. The number of nitrogens with zero attached hydrogens (tertiary/aromatic N) is 2. The van der Waals surface area contributed by atoms with Gasteiger partial charge in [-0.05, 0) is 48.2 Å². The van der Waals surface area contributed by atoms with Crippen LogP contribution in [0.25, 0.3) is 11.1 Å². The van der Waals surface area contributed by atoms with Gasteiger partial charge in [-0.2, -0.15) is 5.26 Å². The molecule has 1 amide bonds. The first-order valence-electron chi connectivity index (χ1n) is 9.37. The van der Waals surface area contributed by atoms with Gasteiger partial charge in [-0.3, -0.25) is 9.59 Å². The van der Waals surface area contributed by atoms with E-state index in [-0.39, 0.29) is 18.5 Å². The van der Waals surface area contributed by atoms with Gasteiger partial charge in [0.25, 0.3) is 5.91 Å². The van der Waals surface area contributed by atoms with Crippen LogP contribution in [-0.4, -0.2) is 35.8 Å². The Bertz CT molecular complexity index is 1000. The van der Waals surface area contributed by atoms with Crippen molar-refractivity contribution in [3.63, 3.8) is 0 Å². The summed E-state index contributed by atoms with van der Waals surface area (Å²) in [7, 11) is 1.62. The highest BCUT2D eigenvalue weighted by Gasteiger charge is 2.46.